The Morgan fingerprint density at radius 2 is 1.28 bits per heavy atom. The highest BCUT2D eigenvalue weighted by Crippen LogP contribution is 2.44. The van der Waals surface area contributed by atoms with Crippen molar-refractivity contribution in [3.8, 4) is 11.1 Å². The van der Waals surface area contributed by atoms with Crippen molar-refractivity contribution in [2.75, 3.05) is 26.7 Å². The molecular weight excluding hydrogens is 586 g/mol. The smallest absolute Gasteiger partial charge is 0.407 e. The zero-order valence-corrected chi connectivity index (χ0v) is 26.3. The number of hydrogen-bond donors (Lipinski definition) is 5. The number of nitrogens with one attached hydrogen (secondary N) is 5. The zero-order chi connectivity index (χ0) is 33.1. The van der Waals surface area contributed by atoms with E-state index in [1.54, 1.807) is 0 Å². The van der Waals surface area contributed by atoms with Gasteiger partial charge in [0.25, 0.3) is 0 Å². The van der Waals surface area contributed by atoms with E-state index in [-0.39, 0.29) is 30.8 Å². The van der Waals surface area contributed by atoms with Crippen molar-refractivity contribution < 1.29 is 28.7 Å². The fourth-order valence-corrected chi connectivity index (χ4v) is 5.50. The van der Waals surface area contributed by atoms with Crippen molar-refractivity contribution in [3.05, 3.63) is 95.6 Å². The van der Waals surface area contributed by atoms with Gasteiger partial charge in [0.15, 0.2) is 0 Å². The van der Waals surface area contributed by atoms with E-state index in [1.807, 2.05) is 92.7 Å². The largest absolute Gasteiger partial charge is 0.449 e. The molecule has 0 radical (unpaired) electrons. The monoisotopic (exact) mass is 627 g/mol. The average molecular weight is 628 g/mol. The van der Waals surface area contributed by atoms with Crippen LogP contribution in [0.1, 0.15) is 42.9 Å². The molecule has 0 unspecified atom stereocenters. The number of carbonyl (C=O) groups excluding carboxylic acids is 5. The first-order chi connectivity index (χ1) is 22.2. The molecule has 3 aromatic carbocycles. The number of amides is 5. The molecule has 0 aromatic heterocycles. The second kappa shape index (κ2) is 16.2. The molecule has 11 heteroatoms. The number of benzene rings is 3. The Kier molecular flexibility index (Phi) is 11.9. The maximum atomic E-state index is 13.2. The summed E-state index contributed by atoms with van der Waals surface area (Å²) in [4.78, 5) is 63.3. The Morgan fingerprint density at radius 3 is 1.89 bits per heavy atom. The summed E-state index contributed by atoms with van der Waals surface area (Å²) in [6, 6.07) is 23.3. The van der Waals surface area contributed by atoms with Crippen LogP contribution < -0.4 is 26.6 Å². The Hall–Kier alpha value is -5.19. The summed E-state index contributed by atoms with van der Waals surface area (Å²) in [6.07, 6.45) is -0.157. The highest BCUT2D eigenvalue weighted by Gasteiger charge is 2.30. The first-order valence-corrected chi connectivity index (χ1v) is 15.4. The van der Waals surface area contributed by atoms with E-state index in [4.69, 9.17) is 4.74 Å². The number of likely N-dealkylation sites (N-methyl/N-ethyl adjacent to an activating group) is 1. The second-order valence-electron chi connectivity index (χ2n) is 11.6. The highest BCUT2D eigenvalue weighted by atomic mass is 16.5. The number of fused-ring (bicyclic) bond motifs is 3. The molecule has 0 fully saturated rings. The second-order valence-corrected chi connectivity index (χ2v) is 11.6. The molecule has 0 heterocycles. The standard InChI is InChI=1S/C35H41N5O6/c1-22(2)17-29(33(43)36-3)40-34(44)30(18-23-11-5-4-6-12-23)39-32(42)20-37-31(41)19-38-35(45)46-21-28-26-15-9-7-13-24(26)25-14-8-10-16-27(25)28/h4-16,22,28-30H,17-21H2,1-3H3,(H,36,43)(H,37,41)(H,38,45)(H,39,42)(H,40,44)/t29-,30-/m0/s1. The van der Waals surface area contributed by atoms with E-state index >= 15 is 0 Å². The molecule has 3 aromatic rings. The van der Waals surface area contributed by atoms with Crippen LogP contribution in [0.15, 0.2) is 78.9 Å². The third kappa shape index (κ3) is 9.16. The topological polar surface area (TPSA) is 155 Å². The van der Waals surface area contributed by atoms with Crippen molar-refractivity contribution in [1.82, 2.24) is 26.6 Å². The summed E-state index contributed by atoms with van der Waals surface area (Å²) in [5.41, 5.74) is 5.16. The van der Waals surface area contributed by atoms with Crippen molar-refractivity contribution in [2.45, 2.75) is 44.7 Å². The fourth-order valence-electron chi connectivity index (χ4n) is 5.50. The quantitative estimate of drug-likeness (QED) is 0.185. The number of rotatable bonds is 14. The number of ether oxygens (including phenoxy) is 1. The number of alkyl carbamates (subject to hydrolysis) is 1. The van der Waals surface area contributed by atoms with E-state index in [0.717, 1.165) is 27.8 Å². The molecule has 1 aliphatic rings. The van der Waals surface area contributed by atoms with Crippen LogP contribution >= 0.6 is 0 Å². The lowest BCUT2D eigenvalue weighted by Gasteiger charge is -2.24. The molecule has 1 aliphatic carbocycles. The minimum absolute atomic E-state index is 0.104. The van der Waals surface area contributed by atoms with Gasteiger partial charge in [0.1, 0.15) is 25.2 Å². The molecule has 5 N–H and O–H groups in total. The van der Waals surface area contributed by atoms with Gasteiger partial charge in [0.05, 0.1) is 6.54 Å². The van der Waals surface area contributed by atoms with Crippen molar-refractivity contribution >= 4 is 29.7 Å². The molecule has 5 amide bonds. The predicted molar refractivity (Wildman–Crippen MR) is 174 cm³/mol. The maximum Gasteiger partial charge on any atom is 0.407 e. The lowest BCUT2D eigenvalue weighted by Crippen LogP contribution is -2.55. The molecule has 11 nitrogen and oxygen atoms in total. The van der Waals surface area contributed by atoms with Crippen LogP contribution in [-0.2, 0) is 30.3 Å². The highest BCUT2D eigenvalue weighted by molar-refractivity contribution is 5.93. The SMILES string of the molecule is CNC(=O)[C@H](CC(C)C)NC(=O)[C@H](Cc1ccccc1)NC(=O)CNC(=O)CNC(=O)OCC1c2ccccc2-c2ccccc21. The van der Waals surface area contributed by atoms with E-state index < -0.39 is 49.0 Å². The van der Waals surface area contributed by atoms with Crippen molar-refractivity contribution in [2.24, 2.45) is 5.92 Å². The van der Waals surface area contributed by atoms with Crippen molar-refractivity contribution in [3.63, 3.8) is 0 Å². The van der Waals surface area contributed by atoms with Crippen LogP contribution in [0.4, 0.5) is 4.79 Å². The number of hydrogen-bond acceptors (Lipinski definition) is 6. The van der Waals surface area contributed by atoms with E-state index in [1.165, 1.54) is 7.05 Å². The van der Waals surface area contributed by atoms with Crippen LogP contribution in [0.3, 0.4) is 0 Å². The fraction of sp³-hybridized carbons (Fsp3) is 0.343. The van der Waals surface area contributed by atoms with Gasteiger partial charge >= 0.3 is 6.09 Å². The minimum atomic E-state index is -0.995. The Labute approximate surface area is 268 Å². The van der Waals surface area contributed by atoms with Gasteiger partial charge in [0, 0.05) is 19.4 Å². The number of carbonyl (C=O) groups is 5. The van der Waals surface area contributed by atoms with Gasteiger partial charge in [-0.2, -0.15) is 0 Å². The van der Waals surface area contributed by atoms with Gasteiger partial charge < -0.3 is 31.3 Å². The molecule has 0 aliphatic heterocycles. The van der Waals surface area contributed by atoms with E-state index in [9.17, 15) is 24.0 Å². The van der Waals surface area contributed by atoms with Gasteiger partial charge in [-0.15, -0.1) is 0 Å². The summed E-state index contributed by atoms with van der Waals surface area (Å²) < 4.78 is 5.45. The normalized spacial score (nSPS) is 13.0. The third-order valence-corrected chi connectivity index (χ3v) is 7.70. The minimum Gasteiger partial charge on any atom is -0.449 e. The first kappa shape index (κ1) is 33.7. The Bertz CT molecular complexity index is 1500. The molecular formula is C35H41N5O6. The molecule has 0 saturated heterocycles. The van der Waals surface area contributed by atoms with E-state index in [0.29, 0.717) is 6.42 Å². The van der Waals surface area contributed by atoms with Crippen LogP contribution in [0.25, 0.3) is 11.1 Å². The molecule has 2 atom stereocenters. The van der Waals surface area contributed by atoms with Crippen LogP contribution in [0.5, 0.6) is 0 Å². The van der Waals surface area contributed by atoms with Crippen LogP contribution in [-0.4, -0.2) is 68.5 Å². The molecule has 242 valence electrons. The van der Waals surface area contributed by atoms with Crippen molar-refractivity contribution in [1.29, 1.82) is 0 Å². The summed E-state index contributed by atoms with van der Waals surface area (Å²) in [6.45, 7) is 3.16. The van der Waals surface area contributed by atoms with Gasteiger partial charge in [0.2, 0.25) is 23.6 Å². The maximum absolute atomic E-state index is 13.2. The summed E-state index contributed by atoms with van der Waals surface area (Å²) in [7, 11) is 1.50. The Morgan fingerprint density at radius 1 is 0.696 bits per heavy atom. The van der Waals surface area contributed by atoms with Gasteiger partial charge in [-0.3, -0.25) is 19.2 Å². The predicted octanol–water partition coefficient (Wildman–Crippen LogP) is 2.65. The van der Waals surface area contributed by atoms with Crippen LogP contribution in [0, 0.1) is 5.92 Å². The van der Waals surface area contributed by atoms with Gasteiger partial charge in [-0.05, 0) is 40.2 Å². The molecule has 0 bridgehead atoms. The molecule has 46 heavy (non-hydrogen) atoms. The lowest BCUT2D eigenvalue weighted by molar-refractivity contribution is -0.132. The Balaban J connectivity index is 1.26. The van der Waals surface area contributed by atoms with Crippen LogP contribution in [0.2, 0.25) is 0 Å². The summed E-state index contributed by atoms with van der Waals surface area (Å²) in [5.74, 6) is -2.04. The molecule has 0 spiro atoms. The first-order valence-electron chi connectivity index (χ1n) is 15.4. The lowest BCUT2D eigenvalue weighted by atomic mass is 9.98. The zero-order valence-electron chi connectivity index (χ0n) is 26.3. The summed E-state index contributed by atoms with van der Waals surface area (Å²) in [5, 5.41) is 12.8. The molecule has 4 rings (SSSR count). The molecule has 0 saturated carbocycles. The van der Waals surface area contributed by atoms with E-state index in [2.05, 4.69) is 26.6 Å². The van der Waals surface area contributed by atoms with Gasteiger partial charge in [-0.25, -0.2) is 4.79 Å². The van der Waals surface area contributed by atoms with Gasteiger partial charge in [-0.1, -0.05) is 92.7 Å². The third-order valence-electron chi connectivity index (χ3n) is 7.70. The average Bonchev–Trinajstić information content (AvgIpc) is 3.38. The summed E-state index contributed by atoms with van der Waals surface area (Å²) >= 11 is 0.